The second kappa shape index (κ2) is 9.22. The molecule has 1 aromatic carbocycles. The minimum absolute atomic E-state index is 0. The summed E-state index contributed by atoms with van der Waals surface area (Å²) in [6.45, 7) is 4.05. The minimum atomic E-state index is -0.498. The quantitative estimate of drug-likeness (QED) is 0.573. The maximum absolute atomic E-state index is 14.3. The molecule has 0 atom stereocenters. The molecule has 1 radical (unpaired) electrons. The Hall–Kier alpha value is -1.15. The molecule has 0 N–H and O–H groups in total. The summed E-state index contributed by atoms with van der Waals surface area (Å²) >= 11 is 5.80. The summed E-state index contributed by atoms with van der Waals surface area (Å²) in [5.74, 6) is 5.31. The number of hydrogen-bond donors (Lipinski definition) is 0. The van der Waals surface area contributed by atoms with Gasteiger partial charge in [0.15, 0.2) is 0 Å². The van der Waals surface area contributed by atoms with Gasteiger partial charge in [0.25, 0.3) is 0 Å². The Morgan fingerprint density at radius 3 is 2.78 bits per heavy atom. The summed E-state index contributed by atoms with van der Waals surface area (Å²) in [6.07, 6.45) is 0. The van der Waals surface area contributed by atoms with Gasteiger partial charge in [-0.3, -0.25) is 4.79 Å². The van der Waals surface area contributed by atoms with Crippen LogP contribution in [0.5, 0.6) is 5.75 Å². The Kier molecular flexibility index (Phi) is 7.98. The van der Waals surface area contributed by atoms with Crippen molar-refractivity contribution in [1.82, 2.24) is 4.57 Å². The van der Waals surface area contributed by atoms with Gasteiger partial charge in [-0.2, -0.15) is 23.7 Å². The molecule has 0 fully saturated rings. The molecular formula is C17H14ClFNO2Y-. The van der Waals surface area contributed by atoms with Crippen LogP contribution < -0.4 is 10.3 Å². The van der Waals surface area contributed by atoms with Crippen molar-refractivity contribution in [1.29, 1.82) is 0 Å². The first kappa shape index (κ1) is 19.9. The molecule has 6 heteroatoms. The summed E-state index contributed by atoms with van der Waals surface area (Å²) in [5.41, 5.74) is 0.259. The van der Waals surface area contributed by atoms with Crippen LogP contribution in [-0.2, 0) is 39.3 Å². The standard InChI is InChI=1S/C17H14ClFNO2.Y/c1-3-5-10-22-12-6-7-13(15(19)11-12)16-9-8-14(18)17(21)20(16)4-2;/h6-8,11H,4,10H2,1-2H3;/q-1;. The molecule has 1 aromatic heterocycles. The zero-order valence-electron chi connectivity index (χ0n) is 12.8. The molecule has 0 aliphatic rings. The van der Waals surface area contributed by atoms with Crippen LogP contribution in [0.3, 0.4) is 0 Å². The molecule has 0 amide bonds. The molecule has 0 aliphatic carbocycles. The summed E-state index contributed by atoms with van der Waals surface area (Å²) in [4.78, 5) is 12.0. The van der Waals surface area contributed by atoms with Crippen LogP contribution >= 0.6 is 11.6 Å². The number of aromatic nitrogens is 1. The van der Waals surface area contributed by atoms with E-state index in [4.69, 9.17) is 16.3 Å². The van der Waals surface area contributed by atoms with Gasteiger partial charge in [-0.1, -0.05) is 17.2 Å². The SMILES string of the molecule is CC#CCOc1ccc(-c2[c-]cc(Cl)c(=O)n2CC)c(F)c1.[Y]. The Morgan fingerprint density at radius 1 is 1.43 bits per heavy atom. The molecule has 2 rings (SSSR count). The maximum Gasteiger partial charge on any atom is 0.212 e. The van der Waals surface area contributed by atoms with E-state index in [1.165, 1.54) is 16.7 Å². The Morgan fingerprint density at radius 2 is 2.17 bits per heavy atom. The molecule has 117 valence electrons. The van der Waals surface area contributed by atoms with E-state index in [2.05, 4.69) is 17.9 Å². The van der Waals surface area contributed by atoms with Crippen LogP contribution in [0.25, 0.3) is 11.3 Å². The second-order valence-corrected chi connectivity index (χ2v) is 4.80. The van der Waals surface area contributed by atoms with E-state index in [1.807, 2.05) is 0 Å². The molecular weight excluding hydrogens is 394 g/mol. The predicted octanol–water partition coefficient (Wildman–Crippen LogP) is 3.53. The fraction of sp³-hybridized carbons (Fsp3) is 0.235. The third-order valence-electron chi connectivity index (χ3n) is 3.05. The van der Waals surface area contributed by atoms with Gasteiger partial charge in [0.1, 0.15) is 12.4 Å². The number of halogens is 2. The monoisotopic (exact) mass is 407 g/mol. The van der Waals surface area contributed by atoms with Gasteiger partial charge >= 0.3 is 0 Å². The van der Waals surface area contributed by atoms with E-state index in [9.17, 15) is 9.18 Å². The number of hydrogen-bond acceptors (Lipinski definition) is 2. The van der Waals surface area contributed by atoms with Crippen molar-refractivity contribution < 1.29 is 41.8 Å². The maximum atomic E-state index is 14.3. The number of ether oxygens (including phenoxy) is 1. The number of rotatable bonds is 4. The average Bonchev–Trinajstić information content (AvgIpc) is 2.51. The molecule has 2 aromatic rings. The normalized spacial score (nSPS) is 9.57. The van der Waals surface area contributed by atoms with E-state index in [0.717, 1.165) is 0 Å². The predicted molar refractivity (Wildman–Crippen MR) is 84.6 cm³/mol. The third-order valence-corrected chi connectivity index (χ3v) is 3.33. The fourth-order valence-electron chi connectivity index (χ4n) is 2.00. The van der Waals surface area contributed by atoms with Crippen LogP contribution in [0.4, 0.5) is 4.39 Å². The Balaban J connectivity index is 0.00000264. The zero-order valence-corrected chi connectivity index (χ0v) is 16.4. The zero-order chi connectivity index (χ0) is 16.1. The van der Waals surface area contributed by atoms with Crippen LogP contribution in [0.1, 0.15) is 13.8 Å². The van der Waals surface area contributed by atoms with Crippen LogP contribution in [0.15, 0.2) is 29.1 Å². The van der Waals surface area contributed by atoms with E-state index >= 15 is 0 Å². The molecule has 0 saturated heterocycles. The van der Waals surface area contributed by atoms with E-state index in [-0.39, 0.29) is 55.5 Å². The third kappa shape index (κ3) is 4.67. The van der Waals surface area contributed by atoms with Gasteiger partial charge in [0.05, 0.1) is 5.82 Å². The Bertz CT molecular complexity index is 808. The topological polar surface area (TPSA) is 31.2 Å². The van der Waals surface area contributed by atoms with Gasteiger partial charge in [-0.15, -0.1) is 12.0 Å². The second-order valence-electron chi connectivity index (χ2n) is 4.39. The number of pyridine rings is 1. The van der Waals surface area contributed by atoms with E-state index in [1.54, 1.807) is 26.0 Å². The van der Waals surface area contributed by atoms with Crippen molar-refractivity contribution >= 4 is 11.6 Å². The van der Waals surface area contributed by atoms with Gasteiger partial charge < -0.3 is 9.30 Å². The van der Waals surface area contributed by atoms with Crippen molar-refractivity contribution in [3.05, 3.63) is 51.5 Å². The van der Waals surface area contributed by atoms with Gasteiger partial charge in [-0.05, 0) is 19.9 Å². The van der Waals surface area contributed by atoms with Gasteiger partial charge in [-0.25, -0.2) is 4.39 Å². The van der Waals surface area contributed by atoms with Gasteiger partial charge in [0, 0.05) is 50.3 Å². The van der Waals surface area contributed by atoms with Crippen LogP contribution in [0, 0.1) is 23.7 Å². The van der Waals surface area contributed by atoms with Gasteiger partial charge in [0.2, 0.25) is 5.56 Å². The van der Waals surface area contributed by atoms with Crippen LogP contribution in [0.2, 0.25) is 5.02 Å². The van der Waals surface area contributed by atoms with Crippen molar-refractivity contribution in [3.8, 4) is 28.8 Å². The van der Waals surface area contributed by atoms with Crippen molar-refractivity contribution in [3.63, 3.8) is 0 Å². The number of benzene rings is 1. The Labute approximate surface area is 164 Å². The first-order chi connectivity index (χ1) is 10.6. The number of nitrogens with zero attached hydrogens (tertiary/aromatic N) is 1. The molecule has 0 unspecified atom stereocenters. The summed E-state index contributed by atoms with van der Waals surface area (Å²) in [6, 6.07) is 8.65. The van der Waals surface area contributed by atoms with Crippen molar-refractivity contribution in [2.45, 2.75) is 20.4 Å². The minimum Gasteiger partial charge on any atom is -0.481 e. The molecule has 0 spiro atoms. The van der Waals surface area contributed by atoms with Crippen molar-refractivity contribution in [2.75, 3.05) is 6.61 Å². The molecule has 0 aliphatic heterocycles. The molecule has 0 saturated carbocycles. The first-order valence-electron chi connectivity index (χ1n) is 6.71. The van der Waals surface area contributed by atoms with E-state index in [0.29, 0.717) is 18.0 Å². The largest absolute Gasteiger partial charge is 0.481 e. The first-order valence-corrected chi connectivity index (χ1v) is 7.09. The summed E-state index contributed by atoms with van der Waals surface area (Å²) < 4.78 is 21.0. The molecule has 0 bridgehead atoms. The summed E-state index contributed by atoms with van der Waals surface area (Å²) in [7, 11) is 0. The average molecular weight is 408 g/mol. The van der Waals surface area contributed by atoms with E-state index < -0.39 is 5.82 Å². The summed E-state index contributed by atoms with van der Waals surface area (Å²) in [5, 5.41) is 0.0594. The molecule has 1 heterocycles. The smallest absolute Gasteiger partial charge is 0.212 e. The van der Waals surface area contributed by atoms with Crippen molar-refractivity contribution in [2.24, 2.45) is 0 Å². The molecule has 23 heavy (non-hydrogen) atoms. The van der Waals surface area contributed by atoms with Crippen LogP contribution in [-0.4, -0.2) is 11.2 Å². The fourth-order valence-corrected chi connectivity index (χ4v) is 2.15. The molecule has 3 nitrogen and oxygen atoms in total.